The summed E-state index contributed by atoms with van der Waals surface area (Å²) >= 11 is 0. The molecule has 1 heterocycles. The first kappa shape index (κ1) is 16.0. The minimum absolute atomic E-state index is 0.180. The van der Waals surface area contributed by atoms with Crippen molar-refractivity contribution in [1.29, 1.82) is 0 Å². The average molecular weight is 310 g/mol. The zero-order chi connectivity index (χ0) is 16.1. The first-order valence-electron chi connectivity index (χ1n) is 8.82. The van der Waals surface area contributed by atoms with Gasteiger partial charge in [0.2, 0.25) is 0 Å². The van der Waals surface area contributed by atoms with Crippen molar-refractivity contribution in [2.75, 3.05) is 6.54 Å². The molecule has 0 amide bonds. The standard InChI is InChI=1S/C20H26N2O/c1-2-21-15-17-13-14-19(16-9-5-3-6-10-16)22(20(17)23)18-11-7-4-8-12-18/h3,5-6,9-10,13-14,18,21H,2,4,7-8,11-12,15H2,1H3. The molecule has 0 aliphatic heterocycles. The monoisotopic (exact) mass is 310 g/mol. The van der Waals surface area contributed by atoms with Gasteiger partial charge in [0.15, 0.2) is 0 Å². The highest BCUT2D eigenvalue weighted by molar-refractivity contribution is 5.60. The van der Waals surface area contributed by atoms with Crippen LogP contribution in [0.15, 0.2) is 47.3 Å². The lowest BCUT2D eigenvalue weighted by Crippen LogP contribution is -2.32. The number of hydrogen-bond acceptors (Lipinski definition) is 2. The van der Waals surface area contributed by atoms with Gasteiger partial charge >= 0.3 is 0 Å². The van der Waals surface area contributed by atoms with Crippen LogP contribution in [0.2, 0.25) is 0 Å². The average Bonchev–Trinajstić information content (AvgIpc) is 2.62. The summed E-state index contributed by atoms with van der Waals surface area (Å²) in [7, 11) is 0. The van der Waals surface area contributed by atoms with Crippen LogP contribution in [0.25, 0.3) is 11.3 Å². The lowest BCUT2D eigenvalue weighted by atomic mass is 9.94. The van der Waals surface area contributed by atoms with Gasteiger partial charge in [-0.2, -0.15) is 0 Å². The molecule has 1 aliphatic carbocycles. The third kappa shape index (κ3) is 3.56. The van der Waals surface area contributed by atoms with E-state index in [1.165, 1.54) is 19.3 Å². The molecule has 122 valence electrons. The maximum Gasteiger partial charge on any atom is 0.255 e. The van der Waals surface area contributed by atoms with Gasteiger partial charge in [-0.1, -0.05) is 62.6 Å². The van der Waals surface area contributed by atoms with Gasteiger partial charge in [-0.15, -0.1) is 0 Å². The van der Waals surface area contributed by atoms with E-state index in [0.717, 1.165) is 36.2 Å². The van der Waals surface area contributed by atoms with Gasteiger partial charge in [-0.3, -0.25) is 4.79 Å². The molecule has 0 bridgehead atoms. The highest BCUT2D eigenvalue weighted by Crippen LogP contribution is 2.31. The summed E-state index contributed by atoms with van der Waals surface area (Å²) in [6.07, 6.45) is 5.98. The van der Waals surface area contributed by atoms with Crippen molar-refractivity contribution in [2.45, 2.75) is 51.6 Å². The Hall–Kier alpha value is -1.87. The fraction of sp³-hybridized carbons (Fsp3) is 0.450. The van der Waals surface area contributed by atoms with Crippen LogP contribution in [-0.2, 0) is 6.54 Å². The van der Waals surface area contributed by atoms with E-state index in [-0.39, 0.29) is 5.56 Å². The van der Waals surface area contributed by atoms with Crippen molar-refractivity contribution in [3.8, 4) is 11.3 Å². The molecular formula is C20H26N2O. The number of benzene rings is 1. The molecule has 1 aromatic carbocycles. The molecule has 0 radical (unpaired) electrons. The molecule has 0 atom stereocenters. The Morgan fingerprint density at radius 2 is 1.78 bits per heavy atom. The molecule has 0 spiro atoms. The lowest BCUT2D eigenvalue weighted by molar-refractivity contribution is 0.348. The van der Waals surface area contributed by atoms with E-state index in [9.17, 15) is 4.79 Å². The van der Waals surface area contributed by atoms with Gasteiger partial charge in [-0.25, -0.2) is 0 Å². The van der Waals surface area contributed by atoms with Gasteiger partial charge in [0.05, 0.1) is 5.69 Å². The predicted octanol–water partition coefficient (Wildman–Crippen LogP) is 4.13. The quantitative estimate of drug-likeness (QED) is 0.901. The number of hydrogen-bond donors (Lipinski definition) is 1. The van der Waals surface area contributed by atoms with Crippen molar-refractivity contribution in [2.24, 2.45) is 0 Å². The summed E-state index contributed by atoms with van der Waals surface area (Å²) in [6, 6.07) is 14.7. The smallest absolute Gasteiger partial charge is 0.255 e. The zero-order valence-corrected chi connectivity index (χ0v) is 13.9. The molecule has 1 fully saturated rings. The molecule has 1 aromatic heterocycles. The topological polar surface area (TPSA) is 34.0 Å². The Balaban J connectivity index is 2.08. The number of nitrogens with zero attached hydrogens (tertiary/aromatic N) is 1. The molecule has 1 aliphatic rings. The summed E-state index contributed by atoms with van der Waals surface area (Å²) in [5.41, 5.74) is 3.24. The van der Waals surface area contributed by atoms with Crippen molar-refractivity contribution in [3.63, 3.8) is 0 Å². The largest absolute Gasteiger partial charge is 0.313 e. The predicted molar refractivity (Wildman–Crippen MR) is 95.6 cm³/mol. The Morgan fingerprint density at radius 1 is 1.04 bits per heavy atom. The Labute approximate surface area is 138 Å². The van der Waals surface area contributed by atoms with E-state index in [4.69, 9.17) is 0 Å². The third-order valence-electron chi connectivity index (χ3n) is 4.77. The molecule has 2 aromatic rings. The summed E-state index contributed by atoms with van der Waals surface area (Å²) in [6.45, 7) is 3.60. The Morgan fingerprint density at radius 3 is 2.48 bits per heavy atom. The van der Waals surface area contributed by atoms with E-state index < -0.39 is 0 Å². The second-order valence-corrected chi connectivity index (χ2v) is 6.36. The van der Waals surface area contributed by atoms with Crippen LogP contribution in [0.5, 0.6) is 0 Å². The second kappa shape index (κ2) is 7.60. The third-order valence-corrected chi connectivity index (χ3v) is 4.77. The molecule has 1 saturated carbocycles. The molecule has 1 N–H and O–H groups in total. The molecule has 23 heavy (non-hydrogen) atoms. The minimum Gasteiger partial charge on any atom is -0.313 e. The normalized spacial score (nSPS) is 15.7. The first-order chi connectivity index (χ1) is 11.3. The maximum absolute atomic E-state index is 13.1. The second-order valence-electron chi connectivity index (χ2n) is 6.36. The van der Waals surface area contributed by atoms with Crippen LogP contribution in [-0.4, -0.2) is 11.1 Å². The van der Waals surface area contributed by atoms with Crippen molar-refractivity contribution < 1.29 is 0 Å². The fourth-order valence-corrected chi connectivity index (χ4v) is 3.54. The Kier molecular flexibility index (Phi) is 5.29. The van der Waals surface area contributed by atoms with Crippen LogP contribution in [0.3, 0.4) is 0 Å². The molecular weight excluding hydrogens is 284 g/mol. The van der Waals surface area contributed by atoms with E-state index in [2.05, 4.69) is 35.0 Å². The van der Waals surface area contributed by atoms with Gasteiger partial charge < -0.3 is 9.88 Å². The molecule has 0 saturated heterocycles. The van der Waals surface area contributed by atoms with Gasteiger partial charge in [-0.05, 0) is 31.0 Å². The summed E-state index contributed by atoms with van der Waals surface area (Å²) in [4.78, 5) is 13.1. The number of aromatic nitrogens is 1. The molecule has 3 rings (SSSR count). The lowest BCUT2D eigenvalue weighted by Gasteiger charge is -2.27. The van der Waals surface area contributed by atoms with Gasteiger partial charge in [0, 0.05) is 18.2 Å². The van der Waals surface area contributed by atoms with Crippen LogP contribution in [0.4, 0.5) is 0 Å². The van der Waals surface area contributed by atoms with E-state index >= 15 is 0 Å². The summed E-state index contributed by atoms with van der Waals surface area (Å²) in [5.74, 6) is 0. The van der Waals surface area contributed by atoms with Crippen LogP contribution >= 0.6 is 0 Å². The maximum atomic E-state index is 13.1. The zero-order valence-electron chi connectivity index (χ0n) is 13.9. The minimum atomic E-state index is 0.180. The number of pyridine rings is 1. The fourth-order valence-electron chi connectivity index (χ4n) is 3.54. The first-order valence-corrected chi connectivity index (χ1v) is 8.82. The molecule has 3 heteroatoms. The van der Waals surface area contributed by atoms with Crippen molar-refractivity contribution in [3.05, 3.63) is 58.4 Å². The highest BCUT2D eigenvalue weighted by atomic mass is 16.1. The van der Waals surface area contributed by atoms with Gasteiger partial charge in [0.1, 0.15) is 0 Å². The van der Waals surface area contributed by atoms with Crippen LogP contribution in [0, 0.1) is 0 Å². The van der Waals surface area contributed by atoms with Crippen LogP contribution in [0.1, 0.15) is 50.6 Å². The number of nitrogens with one attached hydrogen (secondary N) is 1. The SMILES string of the molecule is CCNCc1ccc(-c2ccccc2)n(C2CCCCC2)c1=O. The van der Waals surface area contributed by atoms with E-state index in [1.807, 2.05) is 24.3 Å². The van der Waals surface area contributed by atoms with Crippen molar-refractivity contribution >= 4 is 0 Å². The highest BCUT2D eigenvalue weighted by Gasteiger charge is 2.20. The Bertz CT molecular complexity index is 685. The molecule has 3 nitrogen and oxygen atoms in total. The molecule has 0 unspecified atom stereocenters. The number of rotatable bonds is 5. The van der Waals surface area contributed by atoms with E-state index in [0.29, 0.717) is 12.6 Å². The van der Waals surface area contributed by atoms with Gasteiger partial charge in [0.25, 0.3) is 5.56 Å². The van der Waals surface area contributed by atoms with Crippen molar-refractivity contribution in [1.82, 2.24) is 9.88 Å². The summed E-state index contributed by atoms with van der Waals surface area (Å²) < 4.78 is 2.07. The van der Waals surface area contributed by atoms with E-state index in [1.54, 1.807) is 0 Å². The van der Waals surface area contributed by atoms with Crippen LogP contribution < -0.4 is 10.9 Å². The summed E-state index contributed by atoms with van der Waals surface area (Å²) in [5, 5.41) is 3.28.